The van der Waals surface area contributed by atoms with Gasteiger partial charge in [0.1, 0.15) is 0 Å². The fraction of sp³-hybridized carbons (Fsp3) is 0.412. The maximum atomic E-state index is 11.9. The van der Waals surface area contributed by atoms with E-state index in [0.29, 0.717) is 16.9 Å². The molecule has 1 aromatic carbocycles. The number of carbonyl (C=O) groups is 1. The first kappa shape index (κ1) is 15.9. The van der Waals surface area contributed by atoms with Crippen molar-refractivity contribution in [2.75, 3.05) is 6.26 Å². The van der Waals surface area contributed by atoms with Gasteiger partial charge in [0.2, 0.25) is 5.89 Å². The molecule has 1 aliphatic carbocycles. The molecule has 1 heterocycles. The zero-order valence-corrected chi connectivity index (χ0v) is 13.9. The van der Waals surface area contributed by atoms with Crippen LogP contribution in [0, 0.1) is 0 Å². The summed E-state index contributed by atoms with van der Waals surface area (Å²) < 4.78 is 5.67. The van der Waals surface area contributed by atoms with Crippen LogP contribution >= 0.6 is 11.8 Å². The highest BCUT2D eigenvalue weighted by atomic mass is 32.2. The average molecular weight is 331 g/mol. The lowest BCUT2D eigenvalue weighted by Gasteiger charge is -2.13. The number of thioether (sulfide) groups is 1. The van der Waals surface area contributed by atoms with Gasteiger partial charge in [-0.3, -0.25) is 0 Å². The van der Waals surface area contributed by atoms with Crippen molar-refractivity contribution in [3.05, 3.63) is 42.4 Å². The van der Waals surface area contributed by atoms with Gasteiger partial charge in [-0.25, -0.2) is 9.78 Å². The minimum absolute atomic E-state index is 0.156. The van der Waals surface area contributed by atoms with Gasteiger partial charge >= 0.3 is 6.03 Å². The van der Waals surface area contributed by atoms with Gasteiger partial charge in [0.25, 0.3) is 0 Å². The average Bonchev–Trinajstić information content (AvgIpc) is 3.23. The van der Waals surface area contributed by atoms with E-state index in [0.717, 1.165) is 18.4 Å². The molecule has 122 valence electrons. The first-order valence-corrected chi connectivity index (χ1v) is 9.10. The third-order valence-electron chi connectivity index (χ3n) is 4.07. The van der Waals surface area contributed by atoms with Gasteiger partial charge in [-0.2, -0.15) is 11.8 Å². The Kier molecular flexibility index (Phi) is 5.23. The Bertz CT molecular complexity index is 644. The van der Waals surface area contributed by atoms with Crippen molar-refractivity contribution in [3.8, 4) is 11.3 Å². The molecule has 23 heavy (non-hydrogen) atoms. The molecular formula is C17H21N3O2S. The van der Waals surface area contributed by atoms with Gasteiger partial charge in [0.05, 0.1) is 12.7 Å². The normalized spacial score (nSPS) is 20.4. The summed E-state index contributed by atoms with van der Waals surface area (Å²) in [6.07, 6.45) is 7.08. The summed E-state index contributed by atoms with van der Waals surface area (Å²) >= 11 is 1.88. The monoisotopic (exact) mass is 331 g/mol. The fourth-order valence-corrected chi connectivity index (χ4v) is 3.60. The van der Waals surface area contributed by atoms with Crippen LogP contribution in [-0.4, -0.2) is 28.6 Å². The molecule has 5 nitrogen and oxygen atoms in total. The van der Waals surface area contributed by atoms with Crippen molar-refractivity contribution in [1.29, 1.82) is 0 Å². The van der Waals surface area contributed by atoms with Crippen molar-refractivity contribution in [2.24, 2.45) is 0 Å². The highest BCUT2D eigenvalue weighted by Gasteiger charge is 2.25. The fourth-order valence-electron chi connectivity index (χ4n) is 2.81. The number of aromatic nitrogens is 1. The number of oxazole rings is 1. The van der Waals surface area contributed by atoms with E-state index in [1.807, 2.05) is 42.1 Å². The smallest absolute Gasteiger partial charge is 0.315 e. The van der Waals surface area contributed by atoms with E-state index >= 15 is 0 Å². The van der Waals surface area contributed by atoms with Crippen LogP contribution in [0.3, 0.4) is 0 Å². The van der Waals surface area contributed by atoms with Crippen molar-refractivity contribution < 1.29 is 9.21 Å². The molecule has 0 bridgehead atoms. The Balaban J connectivity index is 1.47. The number of rotatable bonds is 5. The van der Waals surface area contributed by atoms with Crippen LogP contribution in [0.4, 0.5) is 4.79 Å². The van der Waals surface area contributed by atoms with E-state index in [9.17, 15) is 4.79 Å². The predicted molar refractivity (Wildman–Crippen MR) is 92.3 cm³/mol. The molecule has 0 saturated heterocycles. The SMILES string of the molecule is CS[C@@H]1CC[C@H](NC(=O)NCc2ncc(-c3ccccc3)o2)C1. The van der Waals surface area contributed by atoms with Gasteiger partial charge in [-0.05, 0) is 25.5 Å². The summed E-state index contributed by atoms with van der Waals surface area (Å²) in [5, 5.41) is 6.50. The maximum absolute atomic E-state index is 11.9. The summed E-state index contributed by atoms with van der Waals surface area (Å²) in [6, 6.07) is 9.91. The van der Waals surface area contributed by atoms with Crippen LogP contribution in [0.25, 0.3) is 11.3 Å². The number of benzene rings is 1. The van der Waals surface area contributed by atoms with E-state index in [1.54, 1.807) is 6.20 Å². The third-order valence-corrected chi connectivity index (χ3v) is 5.16. The molecular weight excluding hydrogens is 310 g/mol. The summed E-state index contributed by atoms with van der Waals surface area (Å²) in [7, 11) is 0. The van der Waals surface area contributed by atoms with Gasteiger partial charge in [-0.1, -0.05) is 30.3 Å². The van der Waals surface area contributed by atoms with Gasteiger partial charge in [0.15, 0.2) is 5.76 Å². The molecule has 6 heteroatoms. The number of nitrogens with one attached hydrogen (secondary N) is 2. The molecule has 1 saturated carbocycles. The van der Waals surface area contributed by atoms with Crippen LogP contribution in [0.2, 0.25) is 0 Å². The summed E-state index contributed by atoms with van der Waals surface area (Å²) in [4.78, 5) is 16.2. The van der Waals surface area contributed by atoms with E-state index in [1.165, 1.54) is 6.42 Å². The second kappa shape index (κ2) is 7.55. The molecule has 2 N–H and O–H groups in total. The van der Waals surface area contributed by atoms with Crippen LogP contribution < -0.4 is 10.6 Å². The molecule has 0 radical (unpaired) electrons. The molecule has 2 atom stereocenters. The van der Waals surface area contributed by atoms with Gasteiger partial charge < -0.3 is 15.1 Å². The van der Waals surface area contributed by atoms with E-state index in [-0.39, 0.29) is 18.6 Å². The Labute approximate surface area is 140 Å². The molecule has 3 rings (SSSR count). The summed E-state index contributed by atoms with van der Waals surface area (Å²) in [5.41, 5.74) is 0.977. The Morgan fingerprint density at radius 2 is 2.17 bits per heavy atom. The molecule has 1 aromatic heterocycles. The van der Waals surface area contributed by atoms with Crippen LogP contribution in [0.15, 0.2) is 40.9 Å². The summed E-state index contributed by atoms with van der Waals surface area (Å²) in [5.74, 6) is 1.22. The molecule has 2 aromatic rings. The Morgan fingerprint density at radius 3 is 2.91 bits per heavy atom. The van der Waals surface area contributed by atoms with Crippen molar-refractivity contribution in [2.45, 2.75) is 37.1 Å². The minimum Gasteiger partial charge on any atom is -0.439 e. The van der Waals surface area contributed by atoms with Crippen LogP contribution in [0.1, 0.15) is 25.2 Å². The number of nitrogens with zero attached hydrogens (tertiary/aromatic N) is 1. The van der Waals surface area contributed by atoms with E-state index in [2.05, 4.69) is 21.9 Å². The Morgan fingerprint density at radius 1 is 1.35 bits per heavy atom. The minimum atomic E-state index is -0.156. The lowest BCUT2D eigenvalue weighted by atomic mass is 10.2. The first-order valence-electron chi connectivity index (χ1n) is 7.82. The molecule has 1 fully saturated rings. The second-order valence-corrected chi connectivity index (χ2v) is 6.82. The number of urea groups is 1. The Hall–Kier alpha value is -1.95. The van der Waals surface area contributed by atoms with Crippen LogP contribution in [-0.2, 0) is 6.54 Å². The highest BCUT2D eigenvalue weighted by molar-refractivity contribution is 7.99. The van der Waals surface area contributed by atoms with E-state index < -0.39 is 0 Å². The number of hydrogen-bond donors (Lipinski definition) is 2. The summed E-state index contributed by atoms with van der Waals surface area (Å²) in [6.45, 7) is 0.289. The molecule has 0 unspecified atom stereocenters. The maximum Gasteiger partial charge on any atom is 0.315 e. The number of amides is 2. The first-order chi connectivity index (χ1) is 11.2. The van der Waals surface area contributed by atoms with Crippen LogP contribution in [0.5, 0.6) is 0 Å². The predicted octanol–water partition coefficient (Wildman–Crippen LogP) is 3.42. The highest BCUT2D eigenvalue weighted by Crippen LogP contribution is 2.28. The van der Waals surface area contributed by atoms with Crippen molar-refractivity contribution in [1.82, 2.24) is 15.6 Å². The molecule has 0 spiro atoms. The van der Waals surface area contributed by atoms with E-state index in [4.69, 9.17) is 4.42 Å². The van der Waals surface area contributed by atoms with Gasteiger partial charge in [-0.15, -0.1) is 0 Å². The number of carbonyl (C=O) groups excluding carboxylic acids is 1. The number of hydrogen-bond acceptors (Lipinski definition) is 4. The standard InChI is InChI=1S/C17H21N3O2S/c1-23-14-8-7-13(9-14)20-17(21)19-11-16-18-10-15(22-16)12-5-3-2-4-6-12/h2-6,10,13-14H,7-9,11H2,1H3,(H2,19,20,21)/t13-,14+/m0/s1. The molecule has 2 amide bonds. The molecule has 1 aliphatic rings. The van der Waals surface area contributed by atoms with Gasteiger partial charge in [0, 0.05) is 16.9 Å². The van der Waals surface area contributed by atoms with Crippen molar-refractivity contribution in [3.63, 3.8) is 0 Å². The zero-order valence-electron chi connectivity index (χ0n) is 13.1. The lowest BCUT2D eigenvalue weighted by molar-refractivity contribution is 0.235. The van der Waals surface area contributed by atoms with Crippen molar-refractivity contribution >= 4 is 17.8 Å². The quantitative estimate of drug-likeness (QED) is 0.881. The third kappa shape index (κ3) is 4.28. The lowest BCUT2D eigenvalue weighted by Crippen LogP contribution is -2.40. The largest absolute Gasteiger partial charge is 0.439 e. The zero-order chi connectivity index (χ0) is 16.1. The molecule has 0 aliphatic heterocycles. The second-order valence-electron chi connectivity index (χ2n) is 5.68. The topological polar surface area (TPSA) is 67.2 Å².